The van der Waals surface area contributed by atoms with Crippen molar-refractivity contribution in [1.82, 2.24) is 14.9 Å². The van der Waals surface area contributed by atoms with Crippen molar-refractivity contribution in [3.05, 3.63) is 59.5 Å². The van der Waals surface area contributed by atoms with Gasteiger partial charge in [0.15, 0.2) is 0 Å². The first-order valence-corrected chi connectivity index (χ1v) is 8.79. The van der Waals surface area contributed by atoms with Crippen LogP contribution in [0.15, 0.2) is 42.6 Å². The first kappa shape index (κ1) is 16.4. The number of methoxy groups -OCH3 is 1. The summed E-state index contributed by atoms with van der Waals surface area (Å²) >= 11 is 0. The molecule has 0 saturated carbocycles. The molecular formula is C20H22N4O2. The van der Waals surface area contributed by atoms with Crippen molar-refractivity contribution in [2.75, 3.05) is 12.8 Å². The molecule has 6 nitrogen and oxygen atoms in total. The Morgan fingerprint density at radius 1 is 1.38 bits per heavy atom. The average molecular weight is 350 g/mol. The van der Waals surface area contributed by atoms with E-state index in [0.29, 0.717) is 0 Å². The minimum Gasteiger partial charge on any atom is -0.453 e. The van der Waals surface area contributed by atoms with Crippen molar-refractivity contribution in [3.63, 3.8) is 0 Å². The van der Waals surface area contributed by atoms with E-state index in [2.05, 4.69) is 20.9 Å². The predicted octanol–water partition coefficient (Wildman–Crippen LogP) is 2.88. The van der Waals surface area contributed by atoms with Crippen molar-refractivity contribution < 1.29 is 9.53 Å². The molecule has 1 atom stereocenters. The molecule has 0 spiro atoms. The van der Waals surface area contributed by atoms with E-state index in [1.54, 1.807) is 0 Å². The summed E-state index contributed by atoms with van der Waals surface area (Å²) in [4.78, 5) is 16.1. The Hall–Kier alpha value is -3.02. The van der Waals surface area contributed by atoms with Crippen LogP contribution < -0.4 is 11.1 Å². The summed E-state index contributed by atoms with van der Waals surface area (Å²) in [6, 6.07) is 12.1. The van der Waals surface area contributed by atoms with E-state index in [1.807, 2.05) is 36.5 Å². The summed E-state index contributed by atoms with van der Waals surface area (Å²) in [6.45, 7) is 0.728. The molecular weight excluding hydrogens is 328 g/mol. The highest BCUT2D eigenvalue weighted by atomic mass is 16.5. The van der Waals surface area contributed by atoms with E-state index in [4.69, 9.17) is 10.5 Å². The van der Waals surface area contributed by atoms with Crippen LogP contribution in [0.5, 0.6) is 0 Å². The van der Waals surface area contributed by atoms with Gasteiger partial charge in [0.1, 0.15) is 0 Å². The third-order valence-electron chi connectivity index (χ3n) is 5.04. The van der Waals surface area contributed by atoms with Gasteiger partial charge in [0, 0.05) is 34.5 Å². The molecule has 134 valence electrons. The van der Waals surface area contributed by atoms with Crippen molar-refractivity contribution >= 4 is 22.7 Å². The molecule has 3 N–H and O–H groups in total. The lowest BCUT2D eigenvalue weighted by molar-refractivity contribution is 0.165. The first-order chi connectivity index (χ1) is 12.7. The number of nitrogens with one attached hydrogen (secondary N) is 1. The van der Waals surface area contributed by atoms with Gasteiger partial charge in [0.25, 0.3) is 0 Å². The second-order valence-corrected chi connectivity index (χ2v) is 6.68. The van der Waals surface area contributed by atoms with Gasteiger partial charge in [-0.05, 0) is 55.2 Å². The fourth-order valence-corrected chi connectivity index (χ4v) is 3.85. The summed E-state index contributed by atoms with van der Waals surface area (Å²) in [5.74, 6) is 0. The van der Waals surface area contributed by atoms with Gasteiger partial charge in [0.05, 0.1) is 19.3 Å². The Morgan fingerprint density at radius 2 is 2.27 bits per heavy atom. The van der Waals surface area contributed by atoms with Crippen molar-refractivity contribution in [1.29, 1.82) is 0 Å². The number of nitrogens with zero attached hydrogens (tertiary/aromatic N) is 2. The fourth-order valence-electron chi connectivity index (χ4n) is 3.85. The van der Waals surface area contributed by atoms with Crippen LogP contribution in [0.4, 0.5) is 10.5 Å². The third-order valence-corrected chi connectivity index (χ3v) is 5.04. The number of aromatic nitrogens is 2. The molecule has 1 amide bonds. The molecule has 4 rings (SSSR count). The summed E-state index contributed by atoms with van der Waals surface area (Å²) < 4.78 is 7.08. The van der Waals surface area contributed by atoms with Crippen LogP contribution in [0.25, 0.3) is 10.9 Å². The van der Waals surface area contributed by atoms with Gasteiger partial charge in [-0.2, -0.15) is 0 Å². The number of carbonyl (C=O) groups excluding carboxylic acids is 1. The summed E-state index contributed by atoms with van der Waals surface area (Å²) in [5, 5.41) is 4.09. The zero-order chi connectivity index (χ0) is 18.1. The topological polar surface area (TPSA) is 82.2 Å². The number of pyridine rings is 1. The molecule has 3 aromatic rings. The molecule has 2 aromatic heterocycles. The molecule has 1 aliphatic rings. The van der Waals surface area contributed by atoms with Gasteiger partial charge >= 0.3 is 6.09 Å². The molecule has 0 bridgehead atoms. The van der Waals surface area contributed by atoms with Crippen LogP contribution in [0.2, 0.25) is 0 Å². The van der Waals surface area contributed by atoms with Crippen LogP contribution in [-0.4, -0.2) is 28.8 Å². The minimum atomic E-state index is -0.379. The number of hydrogen-bond donors (Lipinski definition) is 2. The standard InChI is InChI=1S/C20H22N4O2/c1-26-20(25)23-14-6-8-19-17(11-14)16-10-13(21)5-7-18(16)24(19)12-15-4-2-3-9-22-15/h2-5,7,9-10,14H,6,8,11-12,21H2,1H3,(H,23,25)/t14-/m1/s1. The molecule has 0 radical (unpaired) electrons. The lowest BCUT2D eigenvalue weighted by Gasteiger charge is -2.24. The maximum Gasteiger partial charge on any atom is 0.407 e. The normalized spacial score (nSPS) is 16.3. The van der Waals surface area contributed by atoms with Crippen LogP contribution in [-0.2, 0) is 24.1 Å². The molecule has 26 heavy (non-hydrogen) atoms. The SMILES string of the molecule is COC(=O)N[C@@H]1CCc2c(c3cc(N)ccc3n2Cc2ccccn2)C1. The summed E-state index contributed by atoms with van der Waals surface area (Å²) in [5.41, 5.74) is 11.5. The quantitative estimate of drug-likeness (QED) is 0.712. The highest BCUT2D eigenvalue weighted by Crippen LogP contribution is 2.34. The average Bonchev–Trinajstić information content (AvgIpc) is 2.95. The number of nitrogen functional groups attached to an aromatic ring is 1. The smallest absolute Gasteiger partial charge is 0.407 e. The number of alkyl carbamates (subject to hydrolysis) is 1. The van der Waals surface area contributed by atoms with Crippen molar-refractivity contribution in [2.24, 2.45) is 0 Å². The Morgan fingerprint density at radius 3 is 3.04 bits per heavy atom. The Balaban J connectivity index is 1.76. The number of anilines is 1. The third kappa shape index (κ3) is 2.98. The van der Waals surface area contributed by atoms with Crippen molar-refractivity contribution in [2.45, 2.75) is 31.8 Å². The molecule has 0 fully saturated rings. The largest absolute Gasteiger partial charge is 0.453 e. The number of fused-ring (bicyclic) bond motifs is 3. The molecule has 1 aromatic carbocycles. The van der Waals surface area contributed by atoms with Gasteiger partial charge in [-0.25, -0.2) is 4.79 Å². The zero-order valence-corrected chi connectivity index (χ0v) is 14.7. The Kier molecular flexibility index (Phi) is 4.24. The molecule has 0 saturated heterocycles. The number of nitrogens with two attached hydrogens (primary N) is 1. The molecule has 6 heteroatoms. The fraction of sp³-hybridized carbons (Fsp3) is 0.300. The second-order valence-electron chi connectivity index (χ2n) is 6.68. The van der Waals surface area contributed by atoms with Gasteiger partial charge in [-0.1, -0.05) is 6.07 Å². The number of carbonyl (C=O) groups is 1. The number of benzene rings is 1. The number of amides is 1. The van der Waals surface area contributed by atoms with Crippen LogP contribution >= 0.6 is 0 Å². The number of hydrogen-bond acceptors (Lipinski definition) is 4. The molecule has 1 aliphatic carbocycles. The van der Waals surface area contributed by atoms with Gasteiger partial charge in [-0.3, -0.25) is 4.98 Å². The van der Waals surface area contributed by atoms with E-state index in [0.717, 1.165) is 48.1 Å². The van der Waals surface area contributed by atoms with E-state index in [1.165, 1.54) is 18.4 Å². The van der Waals surface area contributed by atoms with Gasteiger partial charge in [-0.15, -0.1) is 0 Å². The zero-order valence-electron chi connectivity index (χ0n) is 14.7. The number of ether oxygens (including phenoxy) is 1. The van der Waals surface area contributed by atoms with E-state index in [9.17, 15) is 4.79 Å². The maximum atomic E-state index is 11.6. The summed E-state index contributed by atoms with van der Waals surface area (Å²) in [7, 11) is 1.39. The monoisotopic (exact) mass is 350 g/mol. The van der Waals surface area contributed by atoms with Crippen LogP contribution in [0.1, 0.15) is 23.4 Å². The summed E-state index contributed by atoms with van der Waals surface area (Å²) in [6.07, 6.45) is 4.00. The van der Waals surface area contributed by atoms with Crippen LogP contribution in [0, 0.1) is 0 Å². The first-order valence-electron chi connectivity index (χ1n) is 8.79. The molecule has 2 heterocycles. The number of rotatable bonds is 3. The Labute approximate surface area is 152 Å². The van der Waals surface area contributed by atoms with E-state index in [-0.39, 0.29) is 12.1 Å². The lowest BCUT2D eigenvalue weighted by Crippen LogP contribution is -2.38. The van der Waals surface area contributed by atoms with E-state index < -0.39 is 0 Å². The predicted molar refractivity (Wildman–Crippen MR) is 101 cm³/mol. The van der Waals surface area contributed by atoms with Crippen LogP contribution in [0.3, 0.4) is 0 Å². The maximum absolute atomic E-state index is 11.6. The second kappa shape index (κ2) is 6.71. The lowest BCUT2D eigenvalue weighted by atomic mass is 9.91. The minimum absolute atomic E-state index is 0.0743. The Bertz CT molecular complexity index is 949. The van der Waals surface area contributed by atoms with Crippen molar-refractivity contribution in [3.8, 4) is 0 Å². The van der Waals surface area contributed by atoms with Gasteiger partial charge in [0.2, 0.25) is 0 Å². The molecule has 0 aliphatic heterocycles. The highest BCUT2D eigenvalue weighted by Gasteiger charge is 2.26. The highest BCUT2D eigenvalue weighted by molar-refractivity contribution is 5.88. The van der Waals surface area contributed by atoms with Gasteiger partial charge < -0.3 is 20.4 Å². The molecule has 0 unspecified atom stereocenters. The van der Waals surface area contributed by atoms with E-state index >= 15 is 0 Å².